The van der Waals surface area contributed by atoms with Crippen LogP contribution in [0.15, 0.2) is 47.6 Å². The summed E-state index contributed by atoms with van der Waals surface area (Å²) in [5, 5.41) is 3.53. The van der Waals surface area contributed by atoms with E-state index in [1.54, 1.807) is 0 Å². The quantitative estimate of drug-likeness (QED) is 0.370. The molecule has 2 aromatic carbocycles. The molecule has 0 aromatic heterocycles. The van der Waals surface area contributed by atoms with Crippen LogP contribution in [0.1, 0.15) is 39.0 Å². The predicted octanol–water partition coefficient (Wildman–Crippen LogP) is 4.97. The van der Waals surface area contributed by atoms with Crippen molar-refractivity contribution in [3.05, 3.63) is 70.3 Å². The van der Waals surface area contributed by atoms with Gasteiger partial charge >= 0.3 is 18.5 Å². The molecule has 1 unspecified atom stereocenters. The third kappa shape index (κ3) is 5.86. The Balaban J connectivity index is 1.54. The van der Waals surface area contributed by atoms with Crippen molar-refractivity contribution in [3.63, 3.8) is 0 Å². The van der Waals surface area contributed by atoms with E-state index in [2.05, 4.69) is 5.16 Å². The Morgan fingerprint density at radius 2 is 1.51 bits per heavy atom. The number of nitrogens with zero attached hydrogens (tertiary/aromatic N) is 3. The summed E-state index contributed by atoms with van der Waals surface area (Å²) in [5.41, 5.74) is -4.89. The number of imide groups is 1. The van der Waals surface area contributed by atoms with Crippen LogP contribution in [-0.4, -0.2) is 65.2 Å². The molecule has 220 valence electrons. The minimum atomic E-state index is -5.09. The zero-order chi connectivity index (χ0) is 30.5. The summed E-state index contributed by atoms with van der Waals surface area (Å²) in [5.74, 6) is -3.34. The van der Waals surface area contributed by atoms with Crippen LogP contribution in [0.3, 0.4) is 0 Å². The number of carbonyl (C=O) groups excluding carboxylic acids is 3. The van der Waals surface area contributed by atoms with E-state index in [9.17, 15) is 53.9 Å². The maximum absolute atomic E-state index is 14.2. The second-order valence-electron chi connectivity index (χ2n) is 9.39. The second-order valence-corrected chi connectivity index (χ2v) is 9.39. The van der Waals surface area contributed by atoms with Gasteiger partial charge in [-0.1, -0.05) is 23.4 Å². The molecule has 2 aromatic rings. The van der Waals surface area contributed by atoms with Crippen LogP contribution >= 0.6 is 0 Å². The molecule has 7 nitrogen and oxygen atoms in total. The summed E-state index contributed by atoms with van der Waals surface area (Å²) in [7, 11) is 0. The number of oxime groups is 1. The third-order valence-corrected chi connectivity index (χ3v) is 6.53. The second kappa shape index (κ2) is 10.1. The smallest absolute Gasteiger partial charge is 0.374 e. The van der Waals surface area contributed by atoms with Crippen molar-refractivity contribution in [1.29, 1.82) is 0 Å². The SMILES string of the molecule is Cc1cc(C2=NOC(c3ccc(C(F)(F)F)cc3)(C(F)(F)F)C2)ccc1C(=O)N1CC(=O)N(CC(F)(F)F)C(=O)C1. The van der Waals surface area contributed by atoms with Crippen molar-refractivity contribution in [1.82, 2.24) is 9.80 Å². The van der Waals surface area contributed by atoms with E-state index >= 15 is 0 Å². The molecule has 2 aliphatic rings. The highest BCUT2D eigenvalue weighted by Crippen LogP contribution is 2.49. The van der Waals surface area contributed by atoms with Crippen LogP contribution in [0, 0.1) is 6.92 Å². The molecule has 1 fully saturated rings. The van der Waals surface area contributed by atoms with E-state index < -0.39 is 79.0 Å². The normalized spacial score (nSPS) is 20.3. The molecule has 2 heterocycles. The molecule has 16 heteroatoms. The van der Waals surface area contributed by atoms with Gasteiger partial charge in [0, 0.05) is 17.5 Å². The van der Waals surface area contributed by atoms with Crippen molar-refractivity contribution in [2.45, 2.75) is 37.5 Å². The lowest BCUT2D eigenvalue weighted by Crippen LogP contribution is -2.57. The highest BCUT2D eigenvalue weighted by Gasteiger charge is 2.62. The van der Waals surface area contributed by atoms with Gasteiger partial charge in [-0.25, -0.2) is 0 Å². The van der Waals surface area contributed by atoms with Crippen LogP contribution in [0.25, 0.3) is 0 Å². The molecule has 4 rings (SSSR count). The van der Waals surface area contributed by atoms with Crippen LogP contribution in [-0.2, 0) is 26.2 Å². The highest BCUT2D eigenvalue weighted by molar-refractivity contribution is 6.07. The lowest BCUT2D eigenvalue weighted by Gasteiger charge is -2.33. The van der Waals surface area contributed by atoms with Gasteiger partial charge in [-0.05, 0) is 42.3 Å². The third-order valence-electron chi connectivity index (χ3n) is 6.53. The number of amides is 3. The molecule has 41 heavy (non-hydrogen) atoms. The van der Waals surface area contributed by atoms with Gasteiger partial charge in [0.2, 0.25) is 11.8 Å². The topological polar surface area (TPSA) is 79.3 Å². The van der Waals surface area contributed by atoms with Crippen molar-refractivity contribution in [2.24, 2.45) is 5.16 Å². The molecular formula is C25H18F9N3O4. The first-order valence-corrected chi connectivity index (χ1v) is 11.6. The Labute approximate surface area is 225 Å². The Kier molecular flexibility index (Phi) is 7.33. The fraction of sp³-hybridized carbons (Fsp3) is 0.360. The number of hydrogen-bond acceptors (Lipinski definition) is 5. The lowest BCUT2D eigenvalue weighted by atomic mass is 9.85. The number of halogens is 9. The number of carbonyl (C=O) groups is 3. The summed E-state index contributed by atoms with van der Waals surface area (Å²) in [4.78, 5) is 42.7. The van der Waals surface area contributed by atoms with Crippen molar-refractivity contribution < 1.29 is 58.7 Å². The standard InChI is InChI=1S/C25H18F9N3O4/c1-13-8-14(2-7-17(13)21(40)36-10-19(38)37(20(39)11-36)12-23(26,27)28)18-9-22(41-35-18,25(32,33)34)15-3-5-16(6-4-15)24(29,30)31/h2-8H,9-12H2,1H3. The highest BCUT2D eigenvalue weighted by atomic mass is 19.4. The molecule has 2 aliphatic heterocycles. The zero-order valence-corrected chi connectivity index (χ0v) is 20.7. The Bertz CT molecular complexity index is 1400. The number of piperazine rings is 1. The number of hydrogen-bond donors (Lipinski definition) is 0. The van der Waals surface area contributed by atoms with E-state index in [-0.39, 0.29) is 27.3 Å². The van der Waals surface area contributed by atoms with Gasteiger partial charge in [0.05, 0.1) is 11.3 Å². The summed E-state index contributed by atoms with van der Waals surface area (Å²) in [6, 6.07) is 5.96. The minimum Gasteiger partial charge on any atom is -0.374 e. The van der Waals surface area contributed by atoms with Crippen molar-refractivity contribution >= 4 is 23.4 Å². The zero-order valence-electron chi connectivity index (χ0n) is 20.7. The first-order chi connectivity index (χ1) is 18.8. The molecule has 0 saturated carbocycles. The monoisotopic (exact) mass is 595 g/mol. The average molecular weight is 595 g/mol. The lowest BCUT2D eigenvalue weighted by molar-refractivity contribution is -0.275. The van der Waals surface area contributed by atoms with Gasteiger partial charge in [0.1, 0.15) is 19.6 Å². The van der Waals surface area contributed by atoms with Crippen LogP contribution in [0.5, 0.6) is 0 Å². The van der Waals surface area contributed by atoms with E-state index in [0.29, 0.717) is 24.3 Å². The van der Waals surface area contributed by atoms with Gasteiger partial charge in [-0.15, -0.1) is 0 Å². The van der Waals surface area contributed by atoms with E-state index in [4.69, 9.17) is 4.84 Å². The van der Waals surface area contributed by atoms with E-state index in [0.717, 1.165) is 4.90 Å². The summed E-state index contributed by atoms with van der Waals surface area (Å²) >= 11 is 0. The molecule has 0 aliphatic carbocycles. The van der Waals surface area contributed by atoms with Crippen molar-refractivity contribution in [2.75, 3.05) is 19.6 Å². The first kappa shape index (κ1) is 29.9. The fourth-order valence-electron chi connectivity index (χ4n) is 4.43. The molecule has 3 amide bonds. The minimum absolute atomic E-state index is 0.00153. The van der Waals surface area contributed by atoms with Crippen LogP contribution < -0.4 is 0 Å². The maximum Gasteiger partial charge on any atom is 0.435 e. The molecule has 0 radical (unpaired) electrons. The van der Waals surface area contributed by atoms with Gasteiger partial charge < -0.3 is 9.74 Å². The number of aryl methyl sites for hydroxylation is 1. The Morgan fingerprint density at radius 1 is 0.927 bits per heavy atom. The molecule has 1 saturated heterocycles. The van der Waals surface area contributed by atoms with Gasteiger partial charge in [0.25, 0.3) is 11.5 Å². The van der Waals surface area contributed by atoms with Crippen LogP contribution in [0.4, 0.5) is 39.5 Å². The molecule has 0 N–H and O–H groups in total. The Morgan fingerprint density at radius 3 is 2.00 bits per heavy atom. The first-order valence-electron chi connectivity index (χ1n) is 11.6. The van der Waals surface area contributed by atoms with Gasteiger partial charge in [-0.3, -0.25) is 19.3 Å². The average Bonchev–Trinajstić information content (AvgIpc) is 3.32. The van der Waals surface area contributed by atoms with E-state index in [1.165, 1.54) is 25.1 Å². The summed E-state index contributed by atoms with van der Waals surface area (Å²) in [6.45, 7) is -2.01. The van der Waals surface area contributed by atoms with E-state index in [1.807, 2.05) is 0 Å². The number of alkyl halides is 9. The summed E-state index contributed by atoms with van der Waals surface area (Å²) in [6.07, 6.45) is -15.6. The molecular weight excluding hydrogens is 577 g/mol. The predicted molar refractivity (Wildman–Crippen MR) is 121 cm³/mol. The molecule has 1 atom stereocenters. The van der Waals surface area contributed by atoms with Crippen molar-refractivity contribution in [3.8, 4) is 0 Å². The molecule has 0 spiro atoms. The Hall–Kier alpha value is -4.11. The van der Waals surface area contributed by atoms with Gasteiger partial charge in [0.15, 0.2) is 0 Å². The number of benzene rings is 2. The molecule has 0 bridgehead atoms. The largest absolute Gasteiger partial charge is 0.435 e. The summed E-state index contributed by atoms with van der Waals surface area (Å²) < 4.78 is 119. The maximum atomic E-state index is 14.2. The van der Waals surface area contributed by atoms with Crippen LogP contribution in [0.2, 0.25) is 0 Å². The fourth-order valence-corrected chi connectivity index (χ4v) is 4.43. The number of rotatable bonds is 4. The van der Waals surface area contributed by atoms with Gasteiger partial charge in [-0.2, -0.15) is 39.5 Å².